The van der Waals surface area contributed by atoms with Crippen LogP contribution in [0.1, 0.15) is 49.9 Å². The van der Waals surface area contributed by atoms with Crippen LogP contribution in [-0.4, -0.2) is 49.1 Å². The number of aromatic nitrogens is 2. The predicted molar refractivity (Wildman–Crippen MR) is 101 cm³/mol. The normalized spacial score (nSPS) is 15.4. The van der Waals surface area contributed by atoms with Crippen LogP contribution in [0, 0.1) is 5.92 Å². The predicted octanol–water partition coefficient (Wildman–Crippen LogP) is 2.62. The Bertz CT molecular complexity index is 879. The number of nitrogens with one attached hydrogen (secondary N) is 2. The number of carbonyl (C=O) groups is 1. The van der Waals surface area contributed by atoms with E-state index in [1.165, 1.54) is 18.3 Å². The molecule has 1 aliphatic rings. The van der Waals surface area contributed by atoms with Gasteiger partial charge in [0, 0.05) is 19.6 Å². The van der Waals surface area contributed by atoms with Gasteiger partial charge in [-0.2, -0.15) is 5.10 Å². The molecule has 0 atom stereocenters. The summed E-state index contributed by atoms with van der Waals surface area (Å²) in [4.78, 5) is 14.6. The van der Waals surface area contributed by atoms with Gasteiger partial charge in [-0.15, -0.1) is 0 Å². The van der Waals surface area contributed by atoms with Crippen LogP contribution in [0.2, 0.25) is 0 Å². The van der Waals surface area contributed by atoms with Crippen molar-refractivity contribution in [1.82, 2.24) is 19.8 Å². The summed E-state index contributed by atoms with van der Waals surface area (Å²) in [5, 5.41) is 6.54. The first kappa shape index (κ1) is 19.6. The number of rotatable bonds is 7. The van der Waals surface area contributed by atoms with Gasteiger partial charge >= 0.3 is 0 Å². The summed E-state index contributed by atoms with van der Waals surface area (Å²) in [6.07, 6.45) is 5.31. The molecule has 0 bridgehead atoms. The molecule has 2 aromatic heterocycles. The van der Waals surface area contributed by atoms with Crippen LogP contribution >= 0.6 is 0 Å². The Morgan fingerprint density at radius 3 is 2.74 bits per heavy atom. The summed E-state index contributed by atoms with van der Waals surface area (Å²) < 4.78 is 32.8. The molecule has 1 fully saturated rings. The molecule has 3 rings (SSSR count). The number of furan rings is 1. The molecule has 148 valence electrons. The number of aromatic amines is 1. The van der Waals surface area contributed by atoms with Crippen LogP contribution < -0.4 is 4.72 Å². The Morgan fingerprint density at radius 1 is 1.30 bits per heavy atom. The zero-order chi connectivity index (χ0) is 19.4. The molecule has 1 aliphatic heterocycles. The maximum atomic E-state index is 12.8. The van der Waals surface area contributed by atoms with Crippen LogP contribution in [0.5, 0.6) is 0 Å². The number of likely N-dealkylation sites (tertiary alicyclic amines) is 1. The average Bonchev–Trinajstić information content (AvgIpc) is 3.30. The first-order valence-corrected chi connectivity index (χ1v) is 10.8. The minimum absolute atomic E-state index is 0.116. The number of carbonyl (C=O) groups excluding carboxylic acids is 1. The largest absolute Gasteiger partial charge is 0.442 e. The van der Waals surface area contributed by atoms with Gasteiger partial charge in [0.2, 0.25) is 5.09 Å². The second kappa shape index (κ2) is 8.26. The molecule has 0 aliphatic carbocycles. The number of amides is 1. The average molecular weight is 394 g/mol. The van der Waals surface area contributed by atoms with E-state index in [1.54, 1.807) is 4.90 Å². The molecule has 2 aromatic rings. The van der Waals surface area contributed by atoms with Crippen LogP contribution in [0.3, 0.4) is 0 Å². The third kappa shape index (κ3) is 4.59. The number of hydrogen-bond acceptors (Lipinski definition) is 5. The molecule has 1 saturated heterocycles. The molecule has 0 radical (unpaired) electrons. The van der Waals surface area contributed by atoms with Gasteiger partial charge in [0.1, 0.15) is 5.69 Å². The molecule has 27 heavy (non-hydrogen) atoms. The van der Waals surface area contributed by atoms with Gasteiger partial charge < -0.3 is 9.32 Å². The minimum atomic E-state index is -3.73. The maximum absolute atomic E-state index is 12.8. The Labute approximate surface area is 159 Å². The molecule has 0 unspecified atom stereocenters. The zero-order valence-electron chi connectivity index (χ0n) is 15.7. The molecule has 8 nitrogen and oxygen atoms in total. The molecule has 0 aromatic carbocycles. The lowest BCUT2D eigenvalue weighted by atomic mass is 10.1. The van der Waals surface area contributed by atoms with Crippen LogP contribution in [-0.2, 0) is 10.0 Å². The van der Waals surface area contributed by atoms with Crippen molar-refractivity contribution in [2.24, 2.45) is 5.92 Å². The lowest BCUT2D eigenvalue weighted by Crippen LogP contribution is -2.35. The van der Waals surface area contributed by atoms with E-state index >= 15 is 0 Å². The summed E-state index contributed by atoms with van der Waals surface area (Å²) in [6.45, 7) is 5.84. The summed E-state index contributed by atoms with van der Waals surface area (Å²) >= 11 is 0. The molecular formula is C18H26N4O4S. The van der Waals surface area contributed by atoms with E-state index in [0.717, 1.165) is 38.8 Å². The molecular weight excluding hydrogens is 368 g/mol. The Morgan fingerprint density at radius 2 is 2.04 bits per heavy atom. The van der Waals surface area contributed by atoms with Gasteiger partial charge in [0.05, 0.1) is 11.8 Å². The van der Waals surface area contributed by atoms with Gasteiger partial charge in [0.15, 0.2) is 5.76 Å². The van der Waals surface area contributed by atoms with Crippen molar-refractivity contribution in [2.75, 3.05) is 19.6 Å². The molecule has 0 spiro atoms. The standard InChI is InChI=1S/C18H26N4O4S/c1-13(2)8-9-20-27(24,25)16-7-6-15(26-16)17-14(12-19-21-17)18(23)22-10-4-3-5-11-22/h6-7,12-13,20H,3-5,8-11H2,1-2H3,(H,19,21). The van der Waals surface area contributed by atoms with Crippen molar-refractivity contribution in [2.45, 2.75) is 44.6 Å². The molecule has 0 saturated carbocycles. The lowest BCUT2D eigenvalue weighted by Gasteiger charge is -2.26. The van der Waals surface area contributed by atoms with Gasteiger partial charge in [0.25, 0.3) is 15.9 Å². The van der Waals surface area contributed by atoms with Crippen molar-refractivity contribution in [3.63, 3.8) is 0 Å². The highest BCUT2D eigenvalue weighted by Crippen LogP contribution is 2.27. The van der Waals surface area contributed by atoms with E-state index in [1.807, 2.05) is 13.8 Å². The monoisotopic (exact) mass is 394 g/mol. The topological polar surface area (TPSA) is 108 Å². The van der Waals surface area contributed by atoms with Gasteiger partial charge in [-0.05, 0) is 43.7 Å². The van der Waals surface area contributed by atoms with Crippen LogP contribution in [0.4, 0.5) is 0 Å². The van der Waals surface area contributed by atoms with E-state index in [-0.39, 0.29) is 16.8 Å². The number of sulfonamides is 1. The summed E-state index contributed by atoms with van der Waals surface area (Å²) in [5.74, 6) is 0.555. The van der Waals surface area contributed by atoms with E-state index in [4.69, 9.17) is 4.42 Å². The third-order valence-electron chi connectivity index (χ3n) is 4.62. The molecule has 3 heterocycles. The van der Waals surface area contributed by atoms with E-state index in [0.29, 0.717) is 23.7 Å². The number of piperidine rings is 1. The minimum Gasteiger partial charge on any atom is -0.442 e. The first-order valence-electron chi connectivity index (χ1n) is 9.31. The van der Waals surface area contributed by atoms with E-state index < -0.39 is 10.0 Å². The van der Waals surface area contributed by atoms with Gasteiger partial charge in [-0.1, -0.05) is 13.8 Å². The highest BCUT2D eigenvalue weighted by atomic mass is 32.2. The van der Waals surface area contributed by atoms with E-state index in [2.05, 4.69) is 14.9 Å². The fourth-order valence-electron chi connectivity index (χ4n) is 3.06. The fraction of sp³-hybridized carbons (Fsp3) is 0.556. The third-order valence-corrected chi connectivity index (χ3v) is 5.95. The second-order valence-electron chi connectivity index (χ2n) is 7.21. The molecule has 2 N–H and O–H groups in total. The summed E-state index contributed by atoms with van der Waals surface area (Å²) in [6, 6.07) is 2.93. The van der Waals surface area contributed by atoms with Gasteiger partial charge in [-0.25, -0.2) is 13.1 Å². The van der Waals surface area contributed by atoms with E-state index in [9.17, 15) is 13.2 Å². The molecule has 9 heteroatoms. The number of hydrogen-bond donors (Lipinski definition) is 2. The summed E-state index contributed by atoms with van der Waals surface area (Å²) in [7, 11) is -3.73. The van der Waals surface area contributed by atoms with Gasteiger partial charge in [-0.3, -0.25) is 9.89 Å². The zero-order valence-corrected chi connectivity index (χ0v) is 16.5. The molecule has 1 amide bonds. The number of nitrogens with zero attached hydrogens (tertiary/aromatic N) is 2. The van der Waals surface area contributed by atoms with Crippen molar-refractivity contribution in [3.05, 3.63) is 23.9 Å². The second-order valence-corrected chi connectivity index (χ2v) is 8.91. The summed E-state index contributed by atoms with van der Waals surface area (Å²) in [5.41, 5.74) is 0.789. The van der Waals surface area contributed by atoms with Crippen LogP contribution in [0.15, 0.2) is 27.8 Å². The Kier molecular flexibility index (Phi) is 6.01. The maximum Gasteiger partial charge on any atom is 0.273 e. The quantitative estimate of drug-likeness (QED) is 0.750. The number of H-pyrrole nitrogens is 1. The van der Waals surface area contributed by atoms with Crippen molar-refractivity contribution < 1.29 is 17.6 Å². The van der Waals surface area contributed by atoms with Crippen molar-refractivity contribution in [3.8, 4) is 11.5 Å². The smallest absolute Gasteiger partial charge is 0.273 e. The highest BCUT2D eigenvalue weighted by molar-refractivity contribution is 7.89. The van der Waals surface area contributed by atoms with Crippen LogP contribution in [0.25, 0.3) is 11.5 Å². The highest BCUT2D eigenvalue weighted by Gasteiger charge is 2.25. The Hall–Kier alpha value is -2.13. The SMILES string of the molecule is CC(C)CCNS(=O)(=O)c1ccc(-c2[nH]ncc2C(=O)N2CCCCC2)o1. The Balaban J connectivity index is 1.77. The fourth-order valence-corrected chi connectivity index (χ4v) is 4.03. The van der Waals surface area contributed by atoms with Crippen molar-refractivity contribution >= 4 is 15.9 Å². The van der Waals surface area contributed by atoms with Crippen molar-refractivity contribution in [1.29, 1.82) is 0 Å². The first-order chi connectivity index (χ1) is 12.9. The lowest BCUT2D eigenvalue weighted by molar-refractivity contribution is 0.0725.